The maximum Gasteiger partial charge on any atom is -0.00520 e. The molecule has 1 atom stereocenters. The van der Waals surface area contributed by atoms with Crippen molar-refractivity contribution in [1.82, 2.24) is 0 Å². The van der Waals surface area contributed by atoms with Gasteiger partial charge in [-0.2, -0.15) is 0 Å². The topological polar surface area (TPSA) is 0 Å². The van der Waals surface area contributed by atoms with Crippen molar-refractivity contribution in [3.8, 4) is 0 Å². The lowest BCUT2D eigenvalue weighted by atomic mass is 9.53. The molecule has 1 aromatic carbocycles. The summed E-state index contributed by atoms with van der Waals surface area (Å²) in [6.45, 7) is 57.2. The normalized spacial score (nSPS) is 15.4. The molecule has 43 heavy (non-hydrogen) atoms. The predicted octanol–water partition coefficient (Wildman–Crippen LogP) is 14.2. The van der Waals surface area contributed by atoms with Gasteiger partial charge >= 0.3 is 0 Å². The van der Waals surface area contributed by atoms with Gasteiger partial charge in [0.2, 0.25) is 0 Å². The van der Waals surface area contributed by atoms with Crippen LogP contribution in [0.5, 0.6) is 0 Å². The molecule has 248 valence electrons. The number of hydrogen-bond acceptors (Lipinski definition) is 0. The van der Waals surface area contributed by atoms with E-state index in [9.17, 15) is 0 Å². The number of hydrogen-bond donors (Lipinski definition) is 0. The standard InChI is InChI=1S/C43H76/c1-30(2)26-38(11,12)40(15,16)28-37(9,10)32(5)33-23-34(36(6,7)8)25-35(24-33)43(21,22)42(19,20)29-41(17,18)39(13,14)27-31(3)4/h23-25,32H,1,3,26-29H2,2,4-22H3. The Morgan fingerprint density at radius 1 is 0.535 bits per heavy atom. The van der Waals surface area contributed by atoms with E-state index in [4.69, 9.17) is 0 Å². The zero-order chi connectivity index (χ0) is 34.4. The maximum atomic E-state index is 4.27. The summed E-state index contributed by atoms with van der Waals surface area (Å²) in [5.41, 5.74) is 7.99. The van der Waals surface area contributed by atoms with Gasteiger partial charge in [-0.05, 0) is 105 Å². The molecule has 0 saturated heterocycles. The molecule has 1 rings (SSSR count). The van der Waals surface area contributed by atoms with E-state index in [-0.39, 0.29) is 43.3 Å². The van der Waals surface area contributed by atoms with Crippen LogP contribution < -0.4 is 0 Å². The first kappa shape index (κ1) is 39.7. The second-order valence-corrected chi connectivity index (χ2v) is 20.5. The van der Waals surface area contributed by atoms with E-state index in [1.165, 1.54) is 27.8 Å². The molecule has 0 bridgehead atoms. The SMILES string of the molecule is C=C(C)CC(C)(C)C(C)(C)CC(C)(C)C(C)c1cc(C(C)(C)C)cc(C(C)(C)C(C)(C)CC(C)(C)C(C)(C)CC(=C)C)c1. The fourth-order valence-corrected chi connectivity index (χ4v) is 7.62. The van der Waals surface area contributed by atoms with Crippen LogP contribution in [0.1, 0.15) is 187 Å². The van der Waals surface area contributed by atoms with Crippen LogP contribution in [-0.4, -0.2) is 0 Å². The second-order valence-electron chi connectivity index (χ2n) is 20.5. The van der Waals surface area contributed by atoms with E-state index >= 15 is 0 Å². The van der Waals surface area contributed by atoms with Crippen LogP contribution in [0.15, 0.2) is 42.5 Å². The maximum absolute atomic E-state index is 4.27. The van der Waals surface area contributed by atoms with E-state index in [1.807, 2.05) is 0 Å². The third-order valence-electron chi connectivity index (χ3n) is 12.8. The Balaban J connectivity index is 3.70. The average molecular weight is 593 g/mol. The zero-order valence-electron chi connectivity index (χ0n) is 33.1. The molecule has 0 spiro atoms. The summed E-state index contributed by atoms with van der Waals surface area (Å²) in [5, 5.41) is 0. The molecule has 0 saturated carbocycles. The summed E-state index contributed by atoms with van der Waals surface area (Å²) in [7, 11) is 0. The largest absolute Gasteiger partial charge is 0.100 e. The summed E-state index contributed by atoms with van der Waals surface area (Å²) in [6, 6.07) is 7.66. The summed E-state index contributed by atoms with van der Waals surface area (Å²) in [5.74, 6) is 0.429. The van der Waals surface area contributed by atoms with Gasteiger partial charge in [0, 0.05) is 0 Å². The molecule has 1 aromatic rings. The predicted molar refractivity (Wildman–Crippen MR) is 197 cm³/mol. The van der Waals surface area contributed by atoms with Crippen LogP contribution in [0.25, 0.3) is 0 Å². The minimum absolute atomic E-state index is 0.00774. The molecule has 0 aliphatic carbocycles. The molecule has 0 heterocycles. The first-order valence-corrected chi connectivity index (χ1v) is 17.2. The van der Waals surface area contributed by atoms with Gasteiger partial charge in [0.25, 0.3) is 0 Å². The Hall–Kier alpha value is -1.30. The number of rotatable bonds is 14. The smallest absolute Gasteiger partial charge is 0.00520 e. The Bertz CT molecular complexity index is 1130. The molecule has 0 amide bonds. The highest BCUT2D eigenvalue weighted by molar-refractivity contribution is 5.40. The molecular weight excluding hydrogens is 516 g/mol. The van der Waals surface area contributed by atoms with Crippen molar-refractivity contribution in [3.05, 3.63) is 59.2 Å². The molecule has 0 aliphatic heterocycles. The summed E-state index contributed by atoms with van der Waals surface area (Å²) in [6.07, 6.45) is 4.44. The molecule has 0 N–H and O–H groups in total. The highest BCUT2D eigenvalue weighted by atomic mass is 14.5. The van der Waals surface area contributed by atoms with Gasteiger partial charge in [-0.25, -0.2) is 0 Å². The third-order valence-corrected chi connectivity index (χ3v) is 12.8. The first-order chi connectivity index (χ1) is 18.7. The van der Waals surface area contributed by atoms with E-state index in [0.717, 1.165) is 25.7 Å². The minimum atomic E-state index is -0.00774. The van der Waals surface area contributed by atoms with Gasteiger partial charge in [0.1, 0.15) is 0 Å². The molecule has 0 aromatic heterocycles. The zero-order valence-corrected chi connectivity index (χ0v) is 33.1. The van der Waals surface area contributed by atoms with Crippen molar-refractivity contribution < 1.29 is 0 Å². The summed E-state index contributed by atoms with van der Waals surface area (Å²) in [4.78, 5) is 0. The molecule has 0 nitrogen and oxygen atoms in total. The molecule has 1 unspecified atom stereocenters. The number of benzene rings is 1. The quantitative estimate of drug-likeness (QED) is 0.188. The van der Waals surface area contributed by atoms with Crippen LogP contribution in [0, 0.1) is 32.5 Å². The van der Waals surface area contributed by atoms with E-state index in [2.05, 4.69) is 170 Å². The van der Waals surface area contributed by atoms with Gasteiger partial charge < -0.3 is 0 Å². The van der Waals surface area contributed by atoms with Gasteiger partial charge in [-0.15, -0.1) is 13.2 Å². The van der Waals surface area contributed by atoms with E-state index < -0.39 is 0 Å². The fraction of sp³-hybridized carbons (Fsp3) is 0.767. The van der Waals surface area contributed by atoms with Gasteiger partial charge in [0.05, 0.1) is 0 Å². The van der Waals surface area contributed by atoms with Crippen molar-refractivity contribution in [1.29, 1.82) is 0 Å². The first-order valence-electron chi connectivity index (χ1n) is 17.2. The summed E-state index contributed by atoms with van der Waals surface area (Å²) < 4.78 is 0. The highest BCUT2D eigenvalue weighted by Gasteiger charge is 2.47. The van der Waals surface area contributed by atoms with Crippen molar-refractivity contribution >= 4 is 0 Å². The Morgan fingerprint density at radius 3 is 1.28 bits per heavy atom. The van der Waals surface area contributed by atoms with Crippen LogP contribution >= 0.6 is 0 Å². The van der Waals surface area contributed by atoms with E-state index in [0.29, 0.717) is 5.92 Å². The molecular formula is C43H76. The van der Waals surface area contributed by atoms with Crippen LogP contribution in [-0.2, 0) is 10.8 Å². The van der Waals surface area contributed by atoms with Crippen molar-refractivity contribution in [2.75, 3.05) is 0 Å². The minimum Gasteiger partial charge on any atom is -0.100 e. The molecule has 0 radical (unpaired) electrons. The Labute approximate surface area is 272 Å². The van der Waals surface area contributed by atoms with Gasteiger partial charge in [0.15, 0.2) is 0 Å². The van der Waals surface area contributed by atoms with Crippen molar-refractivity contribution in [2.45, 2.75) is 181 Å². The van der Waals surface area contributed by atoms with Gasteiger partial charge in [-0.3, -0.25) is 0 Å². The fourth-order valence-electron chi connectivity index (χ4n) is 7.62. The average Bonchev–Trinajstić information content (AvgIpc) is 2.74. The monoisotopic (exact) mass is 593 g/mol. The lowest BCUT2D eigenvalue weighted by molar-refractivity contribution is 0.0226. The Kier molecular flexibility index (Phi) is 11.5. The Morgan fingerprint density at radius 2 is 0.907 bits per heavy atom. The van der Waals surface area contributed by atoms with Crippen LogP contribution in [0.3, 0.4) is 0 Å². The van der Waals surface area contributed by atoms with Crippen LogP contribution in [0.2, 0.25) is 0 Å². The van der Waals surface area contributed by atoms with E-state index in [1.54, 1.807) is 0 Å². The molecule has 0 heteroatoms. The van der Waals surface area contributed by atoms with Gasteiger partial charge in [-0.1, -0.05) is 154 Å². The lowest BCUT2D eigenvalue weighted by Crippen LogP contribution is -2.44. The highest BCUT2D eigenvalue weighted by Crippen LogP contribution is 2.56. The molecule has 0 aliphatic rings. The lowest BCUT2D eigenvalue weighted by Gasteiger charge is -2.52. The second kappa shape index (κ2) is 12.5. The molecule has 0 fully saturated rings. The third kappa shape index (κ3) is 9.13. The van der Waals surface area contributed by atoms with Crippen LogP contribution in [0.4, 0.5) is 0 Å². The number of allylic oxidation sites excluding steroid dienone is 2. The van der Waals surface area contributed by atoms with Crippen molar-refractivity contribution in [2.24, 2.45) is 32.5 Å². The van der Waals surface area contributed by atoms with Crippen molar-refractivity contribution in [3.63, 3.8) is 0 Å². The summed E-state index contributed by atoms with van der Waals surface area (Å²) >= 11 is 0.